The first-order chi connectivity index (χ1) is 17.3. The van der Waals surface area contributed by atoms with E-state index in [-0.39, 0.29) is 28.7 Å². The number of nitrogens with zero attached hydrogens (tertiary/aromatic N) is 1. The van der Waals surface area contributed by atoms with Crippen LogP contribution in [-0.4, -0.2) is 28.3 Å². The number of rotatable bonds is 8. The van der Waals surface area contributed by atoms with Crippen molar-refractivity contribution >= 4 is 17.5 Å². The van der Waals surface area contributed by atoms with Gasteiger partial charge in [0.1, 0.15) is 11.6 Å². The lowest BCUT2D eigenvalue weighted by Gasteiger charge is -2.11. The largest absolute Gasteiger partial charge is 0.454 e. The quantitative estimate of drug-likeness (QED) is 0.289. The molecule has 184 valence electrons. The van der Waals surface area contributed by atoms with E-state index in [0.717, 1.165) is 18.1 Å². The van der Waals surface area contributed by atoms with Gasteiger partial charge in [0.2, 0.25) is 0 Å². The van der Waals surface area contributed by atoms with E-state index in [0.29, 0.717) is 23.5 Å². The van der Waals surface area contributed by atoms with Crippen LogP contribution >= 0.6 is 0 Å². The van der Waals surface area contributed by atoms with Gasteiger partial charge in [0.15, 0.2) is 11.6 Å². The Balaban J connectivity index is 1.52. The number of ether oxygens (including phenoxy) is 1. The highest BCUT2D eigenvalue weighted by atomic mass is 19.1. The number of hydrogen-bond donors (Lipinski definition) is 3. The maximum Gasteiger partial charge on any atom is 0.255 e. The molecule has 0 unspecified atom stereocenters. The van der Waals surface area contributed by atoms with Crippen LogP contribution in [0.3, 0.4) is 0 Å². The Hall–Kier alpha value is -4.53. The lowest BCUT2D eigenvalue weighted by molar-refractivity contribution is 0.0953. The minimum atomic E-state index is -0.679. The van der Waals surface area contributed by atoms with E-state index in [4.69, 9.17) is 4.74 Å². The minimum absolute atomic E-state index is 0.0271. The molecule has 3 N–H and O–H groups in total. The van der Waals surface area contributed by atoms with Crippen molar-refractivity contribution in [2.75, 3.05) is 11.9 Å². The number of halogens is 2. The van der Waals surface area contributed by atoms with Crippen LogP contribution < -0.4 is 15.4 Å². The average Bonchev–Trinajstić information content (AvgIpc) is 3.37. The van der Waals surface area contributed by atoms with Crippen LogP contribution in [0.2, 0.25) is 0 Å². The summed E-state index contributed by atoms with van der Waals surface area (Å²) in [5, 5.41) is 5.29. The summed E-state index contributed by atoms with van der Waals surface area (Å²) >= 11 is 0. The normalized spacial score (nSPS) is 10.7. The van der Waals surface area contributed by atoms with Crippen molar-refractivity contribution in [3.05, 3.63) is 95.3 Å². The van der Waals surface area contributed by atoms with Gasteiger partial charge >= 0.3 is 0 Å². The van der Waals surface area contributed by atoms with E-state index in [2.05, 4.69) is 20.6 Å². The van der Waals surface area contributed by atoms with E-state index < -0.39 is 17.5 Å². The van der Waals surface area contributed by atoms with Crippen molar-refractivity contribution < 1.29 is 23.1 Å². The third-order valence-electron chi connectivity index (χ3n) is 5.28. The number of pyridine rings is 1. The van der Waals surface area contributed by atoms with Gasteiger partial charge in [0.25, 0.3) is 11.8 Å². The number of aromatic amines is 1. The number of carbonyl (C=O) groups excluding carboxylic acids is 2. The second-order valence-corrected chi connectivity index (χ2v) is 8.12. The summed E-state index contributed by atoms with van der Waals surface area (Å²) < 4.78 is 34.2. The molecule has 0 saturated carbocycles. The van der Waals surface area contributed by atoms with Crippen LogP contribution in [-0.2, 0) is 0 Å². The van der Waals surface area contributed by atoms with E-state index in [1.54, 1.807) is 31.3 Å². The van der Waals surface area contributed by atoms with Crippen molar-refractivity contribution in [1.82, 2.24) is 15.3 Å². The number of anilines is 1. The number of nitrogens with one attached hydrogen (secondary N) is 3. The fourth-order valence-corrected chi connectivity index (χ4v) is 3.42. The molecule has 36 heavy (non-hydrogen) atoms. The van der Waals surface area contributed by atoms with Gasteiger partial charge in [-0.2, -0.15) is 0 Å². The van der Waals surface area contributed by atoms with Gasteiger partial charge in [-0.1, -0.05) is 13.0 Å². The zero-order valence-electron chi connectivity index (χ0n) is 19.7. The van der Waals surface area contributed by atoms with Gasteiger partial charge < -0.3 is 20.4 Å². The molecular weight excluding hydrogens is 466 g/mol. The maximum atomic E-state index is 14.5. The van der Waals surface area contributed by atoms with Crippen LogP contribution in [0.15, 0.2) is 67.0 Å². The Morgan fingerprint density at radius 3 is 2.58 bits per heavy atom. The number of carbonyl (C=O) groups is 2. The van der Waals surface area contributed by atoms with Gasteiger partial charge in [-0.15, -0.1) is 0 Å². The van der Waals surface area contributed by atoms with E-state index >= 15 is 0 Å². The van der Waals surface area contributed by atoms with Crippen LogP contribution in [0.1, 0.15) is 39.6 Å². The number of H-pyrrole nitrogens is 1. The zero-order valence-corrected chi connectivity index (χ0v) is 19.7. The lowest BCUT2D eigenvalue weighted by atomic mass is 10.1. The number of aromatic nitrogens is 2. The van der Waals surface area contributed by atoms with Crippen molar-refractivity contribution in [2.45, 2.75) is 20.3 Å². The molecule has 2 aromatic heterocycles. The van der Waals surface area contributed by atoms with Crippen molar-refractivity contribution in [3.63, 3.8) is 0 Å². The van der Waals surface area contributed by atoms with Crippen molar-refractivity contribution in [3.8, 4) is 22.9 Å². The van der Waals surface area contributed by atoms with Crippen LogP contribution in [0.5, 0.6) is 11.5 Å². The number of hydrogen-bond acceptors (Lipinski definition) is 4. The fourth-order valence-electron chi connectivity index (χ4n) is 3.42. The smallest absolute Gasteiger partial charge is 0.255 e. The van der Waals surface area contributed by atoms with E-state index in [1.165, 1.54) is 36.5 Å². The van der Waals surface area contributed by atoms with Crippen LogP contribution in [0.25, 0.3) is 11.4 Å². The molecule has 0 radical (unpaired) electrons. The summed E-state index contributed by atoms with van der Waals surface area (Å²) in [5.74, 6) is -1.98. The highest BCUT2D eigenvalue weighted by molar-refractivity contribution is 6.04. The highest BCUT2D eigenvalue weighted by Crippen LogP contribution is 2.29. The second-order valence-electron chi connectivity index (χ2n) is 8.12. The fraction of sp³-hybridized carbons (Fsp3) is 0.148. The molecular formula is C27H24F2N4O3. The first-order valence-corrected chi connectivity index (χ1v) is 11.3. The zero-order chi connectivity index (χ0) is 25.7. The average molecular weight is 491 g/mol. The first kappa shape index (κ1) is 24.6. The minimum Gasteiger partial charge on any atom is -0.454 e. The van der Waals surface area contributed by atoms with Gasteiger partial charge in [-0.25, -0.2) is 8.78 Å². The molecule has 4 rings (SSSR count). The Morgan fingerprint density at radius 2 is 1.78 bits per heavy atom. The molecule has 0 aliphatic rings. The molecule has 0 atom stereocenters. The van der Waals surface area contributed by atoms with E-state index in [9.17, 15) is 18.4 Å². The summed E-state index contributed by atoms with van der Waals surface area (Å²) in [6.45, 7) is 4.31. The van der Waals surface area contributed by atoms with Gasteiger partial charge in [-0.05, 0) is 61.4 Å². The van der Waals surface area contributed by atoms with Crippen molar-refractivity contribution in [2.24, 2.45) is 0 Å². The summed E-state index contributed by atoms with van der Waals surface area (Å²) in [4.78, 5) is 32.1. The standard InChI is InChI=1S/C27H24F2N4O3/c1-3-9-31-26(34)18-12-23(32-15-18)24-14-19(8-10-30-24)36-25-13-17(5-7-21(25)29)27(35)33-22-11-16(2)4-6-20(22)28/h4-8,10-15,32H,3,9H2,1-2H3,(H,31,34)(H,33,35). The number of benzene rings is 2. The lowest BCUT2D eigenvalue weighted by Crippen LogP contribution is -2.23. The summed E-state index contributed by atoms with van der Waals surface area (Å²) in [6, 6.07) is 12.8. The number of aryl methyl sites for hydroxylation is 1. The number of amides is 2. The van der Waals surface area contributed by atoms with Gasteiger partial charge in [-0.3, -0.25) is 14.6 Å². The summed E-state index contributed by atoms with van der Waals surface area (Å²) in [7, 11) is 0. The molecule has 0 spiro atoms. The summed E-state index contributed by atoms with van der Waals surface area (Å²) in [5.41, 5.74) is 2.41. The topological polar surface area (TPSA) is 96.1 Å². The predicted molar refractivity (Wildman–Crippen MR) is 132 cm³/mol. The molecule has 0 aliphatic heterocycles. The van der Waals surface area contributed by atoms with Gasteiger partial charge in [0.05, 0.1) is 22.6 Å². The molecule has 4 aromatic rings. The maximum absolute atomic E-state index is 14.5. The Kier molecular flexibility index (Phi) is 7.39. The highest BCUT2D eigenvalue weighted by Gasteiger charge is 2.15. The molecule has 0 bridgehead atoms. The Morgan fingerprint density at radius 1 is 0.972 bits per heavy atom. The molecule has 9 heteroatoms. The monoisotopic (exact) mass is 490 g/mol. The molecule has 0 fully saturated rings. The summed E-state index contributed by atoms with van der Waals surface area (Å²) in [6.07, 6.45) is 3.89. The Labute approximate surface area is 206 Å². The third-order valence-corrected chi connectivity index (χ3v) is 5.28. The molecule has 7 nitrogen and oxygen atoms in total. The molecule has 0 aliphatic carbocycles. The predicted octanol–water partition coefficient (Wildman–Crippen LogP) is 5.85. The first-order valence-electron chi connectivity index (χ1n) is 11.3. The SMILES string of the molecule is CCCNC(=O)c1c[nH]c(-c2cc(Oc3cc(C(=O)Nc4cc(C)ccc4F)ccc3F)ccn2)c1. The van der Waals surface area contributed by atoms with Crippen LogP contribution in [0.4, 0.5) is 14.5 Å². The van der Waals surface area contributed by atoms with E-state index in [1.807, 2.05) is 6.92 Å². The molecule has 2 aromatic carbocycles. The molecule has 2 heterocycles. The van der Waals surface area contributed by atoms with Crippen molar-refractivity contribution in [1.29, 1.82) is 0 Å². The third kappa shape index (κ3) is 5.75. The second kappa shape index (κ2) is 10.8. The molecule has 0 saturated heterocycles. The molecule has 2 amide bonds. The van der Waals surface area contributed by atoms with Crippen LogP contribution in [0, 0.1) is 18.6 Å². The van der Waals surface area contributed by atoms with Gasteiger partial charge in [0, 0.05) is 30.6 Å². The Bertz CT molecular complexity index is 1420.